The number of aromatic nitrogens is 5. The van der Waals surface area contributed by atoms with E-state index >= 15 is 0 Å². The lowest BCUT2D eigenvalue weighted by Gasteiger charge is -2.18. The smallest absolute Gasteiger partial charge is 0.318 e. The van der Waals surface area contributed by atoms with Crippen LogP contribution >= 0.6 is 0 Å². The highest BCUT2D eigenvalue weighted by Crippen LogP contribution is 2.31. The van der Waals surface area contributed by atoms with Crippen molar-refractivity contribution >= 4 is 23.2 Å². The SMILES string of the molecule is C[C@H](Nc1cc(-c2c(N)nn3cccnc23)nc(OCCN2CCCC2=O)n1)c1ccc(F)cc1F.[HH].[HH].[HH]. The molecule has 0 saturated carbocycles. The van der Waals surface area contributed by atoms with E-state index in [-0.39, 0.29) is 34.2 Å². The maximum absolute atomic E-state index is 14.4. The molecule has 5 rings (SSSR count). The number of carbonyl (C=O) groups excluding carboxylic acids is 1. The summed E-state index contributed by atoms with van der Waals surface area (Å²) in [7, 11) is 0. The Balaban J connectivity index is 0.00000178. The van der Waals surface area contributed by atoms with Crippen molar-refractivity contribution in [3.63, 3.8) is 0 Å². The van der Waals surface area contributed by atoms with E-state index in [1.165, 1.54) is 16.6 Å². The number of rotatable bonds is 8. The molecule has 1 fully saturated rings. The minimum Gasteiger partial charge on any atom is -0.462 e. The van der Waals surface area contributed by atoms with Gasteiger partial charge in [0.1, 0.15) is 24.1 Å². The number of hydrogen-bond donors (Lipinski definition) is 2. The molecule has 1 saturated heterocycles. The second-order valence-corrected chi connectivity index (χ2v) is 8.43. The standard InChI is InChI=1S/C24H24F2N8O2.3H2/c1-14(16-6-5-15(25)12-17(16)26)29-19-13-18(21-22(27)32-34-9-3-7-28-23(21)34)30-24(31-19)36-11-10-33-8-2-4-20(33)35;;;/h3,5-7,9,12-14H,2,4,8,10-11H2,1H3,(H2,27,32)(H,29,30,31);3*1H/t14-;;;/m0.../s1. The largest absolute Gasteiger partial charge is 0.462 e. The van der Waals surface area contributed by atoms with Crippen LogP contribution in [0.1, 0.15) is 35.7 Å². The van der Waals surface area contributed by atoms with E-state index in [9.17, 15) is 13.6 Å². The molecule has 1 aliphatic rings. The Bertz CT molecular complexity index is 1440. The number of nitrogens with two attached hydrogens (primary N) is 1. The first kappa shape index (κ1) is 23.4. The molecule has 10 nitrogen and oxygen atoms in total. The number of anilines is 2. The molecule has 3 N–H and O–H groups in total. The van der Waals surface area contributed by atoms with E-state index in [0.717, 1.165) is 12.5 Å². The minimum atomic E-state index is -0.674. The van der Waals surface area contributed by atoms with Gasteiger partial charge in [0.15, 0.2) is 11.5 Å². The normalized spacial score (nSPS) is 14.4. The number of nitrogens with one attached hydrogen (secondary N) is 1. The Morgan fingerprint density at radius 1 is 1.28 bits per heavy atom. The minimum absolute atomic E-state index is 0. The van der Waals surface area contributed by atoms with Crippen LogP contribution in [-0.2, 0) is 4.79 Å². The van der Waals surface area contributed by atoms with Crippen LogP contribution in [0.15, 0.2) is 42.7 Å². The van der Waals surface area contributed by atoms with Crippen molar-refractivity contribution in [3.05, 3.63) is 59.9 Å². The van der Waals surface area contributed by atoms with E-state index < -0.39 is 17.7 Å². The molecular weight excluding hydrogens is 470 g/mol. The van der Waals surface area contributed by atoms with E-state index in [2.05, 4.69) is 25.4 Å². The number of amides is 1. The molecule has 0 aliphatic carbocycles. The van der Waals surface area contributed by atoms with Crippen molar-refractivity contribution in [3.8, 4) is 17.3 Å². The third-order valence-corrected chi connectivity index (χ3v) is 5.94. The number of carbonyl (C=O) groups is 1. The maximum atomic E-state index is 14.4. The van der Waals surface area contributed by atoms with E-state index in [0.29, 0.717) is 42.2 Å². The summed E-state index contributed by atoms with van der Waals surface area (Å²) in [5.41, 5.74) is 7.83. The molecule has 1 atom stereocenters. The van der Waals surface area contributed by atoms with Crippen molar-refractivity contribution in [2.24, 2.45) is 0 Å². The van der Waals surface area contributed by atoms with Crippen LogP contribution in [0.2, 0.25) is 0 Å². The van der Waals surface area contributed by atoms with Gasteiger partial charge in [-0.15, -0.1) is 5.10 Å². The molecule has 1 amide bonds. The Morgan fingerprint density at radius 3 is 2.92 bits per heavy atom. The predicted octanol–water partition coefficient (Wildman–Crippen LogP) is 3.96. The Morgan fingerprint density at radius 2 is 2.14 bits per heavy atom. The van der Waals surface area contributed by atoms with Gasteiger partial charge in [-0.25, -0.2) is 18.3 Å². The monoisotopic (exact) mass is 500 g/mol. The zero-order valence-electron chi connectivity index (χ0n) is 19.5. The van der Waals surface area contributed by atoms with Gasteiger partial charge in [-0.05, 0) is 25.5 Å². The summed E-state index contributed by atoms with van der Waals surface area (Å²) in [5.74, 6) is -0.693. The third kappa shape index (κ3) is 4.74. The van der Waals surface area contributed by atoms with Gasteiger partial charge in [-0.3, -0.25) is 4.79 Å². The quantitative estimate of drug-likeness (QED) is 0.373. The zero-order valence-corrected chi connectivity index (χ0v) is 19.5. The third-order valence-electron chi connectivity index (χ3n) is 5.94. The van der Waals surface area contributed by atoms with Crippen LogP contribution < -0.4 is 15.8 Å². The number of halogens is 2. The molecule has 1 aromatic carbocycles. The number of benzene rings is 1. The molecular formula is C24H30F2N8O2. The Labute approximate surface area is 209 Å². The maximum Gasteiger partial charge on any atom is 0.318 e. The second kappa shape index (κ2) is 9.72. The molecule has 36 heavy (non-hydrogen) atoms. The summed E-state index contributed by atoms with van der Waals surface area (Å²) in [6.45, 7) is 3.02. The molecule has 4 heterocycles. The van der Waals surface area contributed by atoms with Gasteiger partial charge in [-0.1, -0.05) is 6.07 Å². The van der Waals surface area contributed by atoms with Crippen molar-refractivity contribution in [1.82, 2.24) is 29.5 Å². The van der Waals surface area contributed by atoms with E-state index in [1.807, 2.05) is 0 Å². The van der Waals surface area contributed by atoms with Crippen LogP contribution in [0.5, 0.6) is 6.01 Å². The molecule has 0 bridgehead atoms. The molecule has 0 spiro atoms. The molecule has 0 radical (unpaired) electrons. The lowest BCUT2D eigenvalue weighted by molar-refractivity contribution is -0.128. The number of fused-ring (bicyclic) bond motifs is 1. The summed E-state index contributed by atoms with van der Waals surface area (Å²) < 4.78 is 35.1. The Hall–Kier alpha value is -4.35. The fourth-order valence-corrected chi connectivity index (χ4v) is 4.18. The lowest BCUT2D eigenvalue weighted by atomic mass is 10.1. The van der Waals surface area contributed by atoms with Crippen LogP contribution in [-0.4, -0.2) is 55.1 Å². The molecule has 192 valence electrons. The summed E-state index contributed by atoms with van der Waals surface area (Å²) in [5, 5.41) is 7.40. The van der Waals surface area contributed by atoms with Crippen molar-refractivity contribution < 1.29 is 22.6 Å². The van der Waals surface area contributed by atoms with Crippen LogP contribution in [0, 0.1) is 11.6 Å². The molecule has 4 aromatic rings. The highest BCUT2D eigenvalue weighted by atomic mass is 19.1. The van der Waals surface area contributed by atoms with Gasteiger partial charge in [0.2, 0.25) is 5.91 Å². The lowest BCUT2D eigenvalue weighted by Crippen LogP contribution is -2.29. The van der Waals surface area contributed by atoms with Crippen LogP contribution in [0.4, 0.5) is 20.4 Å². The van der Waals surface area contributed by atoms with Gasteiger partial charge >= 0.3 is 6.01 Å². The zero-order chi connectivity index (χ0) is 25.2. The highest BCUT2D eigenvalue weighted by Gasteiger charge is 2.21. The second-order valence-electron chi connectivity index (χ2n) is 8.43. The molecule has 12 heteroatoms. The number of likely N-dealkylation sites (tertiary alicyclic amines) is 1. The first-order valence-electron chi connectivity index (χ1n) is 11.5. The van der Waals surface area contributed by atoms with Crippen LogP contribution in [0.25, 0.3) is 16.9 Å². The number of hydrogen-bond acceptors (Lipinski definition) is 8. The topological polar surface area (TPSA) is 124 Å². The number of nitrogens with zero attached hydrogens (tertiary/aromatic N) is 6. The van der Waals surface area contributed by atoms with E-state index in [4.69, 9.17) is 10.5 Å². The van der Waals surface area contributed by atoms with Gasteiger partial charge in [0.05, 0.1) is 23.8 Å². The fourth-order valence-electron chi connectivity index (χ4n) is 4.18. The average molecular weight is 501 g/mol. The first-order valence-corrected chi connectivity index (χ1v) is 11.5. The van der Waals surface area contributed by atoms with Crippen molar-refractivity contribution in [2.75, 3.05) is 30.7 Å². The van der Waals surface area contributed by atoms with Crippen LogP contribution in [0.3, 0.4) is 0 Å². The Kier molecular flexibility index (Phi) is 6.32. The summed E-state index contributed by atoms with van der Waals surface area (Å²) in [6.07, 6.45) is 4.70. The van der Waals surface area contributed by atoms with E-state index in [1.54, 1.807) is 36.4 Å². The van der Waals surface area contributed by atoms with Gasteiger partial charge in [-0.2, -0.15) is 9.97 Å². The predicted molar refractivity (Wildman–Crippen MR) is 134 cm³/mol. The fraction of sp³-hybridized carbons (Fsp3) is 0.292. The summed E-state index contributed by atoms with van der Waals surface area (Å²) in [4.78, 5) is 26.9. The van der Waals surface area contributed by atoms with Gasteiger partial charge < -0.3 is 20.7 Å². The average Bonchev–Trinajstić information content (AvgIpc) is 3.40. The number of ether oxygens (including phenoxy) is 1. The molecule has 3 aromatic heterocycles. The summed E-state index contributed by atoms with van der Waals surface area (Å²) >= 11 is 0. The van der Waals surface area contributed by atoms with Crippen molar-refractivity contribution in [2.45, 2.75) is 25.8 Å². The van der Waals surface area contributed by atoms with Crippen molar-refractivity contribution in [1.29, 1.82) is 0 Å². The highest BCUT2D eigenvalue weighted by molar-refractivity contribution is 5.85. The first-order chi connectivity index (χ1) is 17.4. The molecule has 0 unspecified atom stereocenters. The van der Waals surface area contributed by atoms with Gasteiger partial charge in [0, 0.05) is 47.3 Å². The molecule has 1 aliphatic heterocycles. The number of nitrogen functional groups attached to an aromatic ring is 1. The van der Waals surface area contributed by atoms with Gasteiger partial charge in [0.25, 0.3) is 0 Å². The summed E-state index contributed by atoms with van der Waals surface area (Å²) in [6, 6.07) is 6.26.